The number of carbonyl (C=O) groups excluding carboxylic acids is 1. The number of benzene rings is 1. The summed E-state index contributed by atoms with van der Waals surface area (Å²) in [6.45, 7) is 10.3. The lowest BCUT2D eigenvalue weighted by Crippen LogP contribution is -2.45. The molecule has 0 bridgehead atoms. The Balaban J connectivity index is 2.59. The number of carbonyl (C=O) groups is 1. The molecule has 0 aliphatic carbocycles. The van der Waals surface area contributed by atoms with Gasteiger partial charge in [0.15, 0.2) is 0 Å². The van der Waals surface area contributed by atoms with Crippen molar-refractivity contribution in [3.8, 4) is 0 Å². The van der Waals surface area contributed by atoms with E-state index in [1.165, 1.54) is 6.07 Å². The SMILES string of the molecule is CC(C)(C)CC(C)(C)NCC(=O)Nc1c(F)cccc1F. The van der Waals surface area contributed by atoms with Crippen LogP contribution in [0.2, 0.25) is 0 Å². The molecule has 0 saturated carbocycles. The van der Waals surface area contributed by atoms with E-state index in [0.717, 1.165) is 18.6 Å². The van der Waals surface area contributed by atoms with Crippen molar-refractivity contribution in [1.29, 1.82) is 0 Å². The first kappa shape index (κ1) is 17.6. The number of hydrogen-bond acceptors (Lipinski definition) is 2. The van der Waals surface area contributed by atoms with E-state index in [9.17, 15) is 13.6 Å². The number of nitrogens with one attached hydrogen (secondary N) is 2. The number of hydrogen-bond donors (Lipinski definition) is 2. The molecule has 0 fully saturated rings. The van der Waals surface area contributed by atoms with Gasteiger partial charge in [-0.15, -0.1) is 0 Å². The molecule has 1 aromatic carbocycles. The third-order valence-electron chi connectivity index (χ3n) is 2.93. The highest BCUT2D eigenvalue weighted by Crippen LogP contribution is 2.26. The maximum absolute atomic E-state index is 13.4. The van der Waals surface area contributed by atoms with E-state index in [0.29, 0.717) is 0 Å². The predicted octanol–water partition coefficient (Wildman–Crippen LogP) is 3.71. The van der Waals surface area contributed by atoms with Crippen LogP contribution in [0.1, 0.15) is 41.0 Å². The summed E-state index contributed by atoms with van der Waals surface area (Å²) in [5.41, 5.74) is -0.536. The second kappa shape index (κ2) is 6.52. The van der Waals surface area contributed by atoms with E-state index in [1.807, 2.05) is 13.8 Å². The number of rotatable bonds is 5. The van der Waals surface area contributed by atoms with Crippen molar-refractivity contribution >= 4 is 11.6 Å². The molecular weight excluding hydrogens is 274 g/mol. The second-order valence-corrected chi connectivity index (χ2v) is 7.12. The fourth-order valence-electron chi connectivity index (χ4n) is 2.51. The lowest BCUT2D eigenvalue weighted by Gasteiger charge is -2.33. The minimum absolute atomic E-state index is 0.00312. The van der Waals surface area contributed by atoms with Gasteiger partial charge in [0.1, 0.15) is 17.3 Å². The van der Waals surface area contributed by atoms with Crippen LogP contribution in [0.25, 0.3) is 0 Å². The van der Waals surface area contributed by atoms with E-state index < -0.39 is 23.2 Å². The zero-order valence-corrected chi connectivity index (χ0v) is 13.3. The van der Waals surface area contributed by atoms with Crippen molar-refractivity contribution in [2.75, 3.05) is 11.9 Å². The minimum Gasteiger partial charge on any atom is -0.320 e. The summed E-state index contributed by atoms with van der Waals surface area (Å²) in [4.78, 5) is 11.8. The average Bonchev–Trinajstić information content (AvgIpc) is 2.29. The van der Waals surface area contributed by atoms with Crippen LogP contribution in [-0.4, -0.2) is 18.0 Å². The molecule has 0 spiro atoms. The second-order valence-electron chi connectivity index (χ2n) is 7.12. The number of halogens is 2. The van der Waals surface area contributed by atoms with Gasteiger partial charge in [-0.25, -0.2) is 8.78 Å². The molecule has 0 radical (unpaired) electrons. The average molecular weight is 298 g/mol. The van der Waals surface area contributed by atoms with Crippen LogP contribution in [0, 0.1) is 17.0 Å². The van der Waals surface area contributed by atoms with Crippen molar-refractivity contribution in [3.05, 3.63) is 29.8 Å². The summed E-state index contributed by atoms with van der Waals surface area (Å²) in [6.07, 6.45) is 0.862. The summed E-state index contributed by atoms with van der Waals surface area (Å²) in [7, 11) is 0. The molecule has 2 N–H and O–H groups in total. The molecule has 0 saturated heterocycles. The molecule has 0 heterocycles. The zero-order valence-electron chi connectivity index (χ0n) is 13.3. The Morgan fingerprint density at radius 1 is 1.10 bits per heavy atom. The first-order valence-corrected chi connectivity index (χ1v) is 6.99. The van der Waals surface area contributed by atoms with Gasteiger partial charge in [0.2, 0.25) is 5.91 Å². The zero-order chi connectivity index (χ0) is 16.3. The standard InChI is InChI=1S/C16H24F2N2O/c1-15(2,3)10-16(4,5)19-9-13(21)20-14-11(17)7-6-8-12(14)18/h6-8,19H,9-10H2,1-5H3,(H,20,21). The monoisotopic (exact) mass is 298 g/mol. The number of para-hydroxylation sites is 1. The van der Waals surface area contributed by atoms with E-state index in [1.54, 1.807) is 0 Å². The Morgan fingerprint density at radius 2 is 1.62 bits per heavy atom. The smallest absolute Gasteiger partial charge is 0.238 e. The highest BCUT2D eigenvalue weighted by Gasteiger charge is 2.25. The van der Waals surface area contributed by atoms with Crippen LogP contribution in [0.3, 0.4) is 0 Å². The van der Waals surface area contributed by atoms with Gasteiger partial charge in [-0.1, -0.05) is 26.8 Å². The first-order chi connectivity index (χ1) is 9.50. The van der Waals surface area contributed by atoms with Crippen LogP contribution in [0.15, 0.2) is 18.2 Å². The summed E-state index contributed by atoms with van der Waals surface area (Å²) in [5.74, 6) is -2.03. The van der Waals surface area contributed by atoms with Crippen LogP contribution < -0.4 is 10.6 Å². The number of amides is 1. The fourth-order valence-corrected chi connectivity index (χ4v) is 2.51. The van der Waals surface area contributed by atoms with Gasteiger partial charge in [-0.3, -0.25) is 4.79 Å². The van der Waals surface area contributed by atoms with Crippen molar-refractivity contribution in [2.45, 2.75) is 46.6 Å². The molecule has 0 aromatic heterocycles. The molecule has 21 heavy (non-hydrogen) atoms. The molecule has 3 nitrogen and oxygen atoms in total. The van der Waals surface area contributed by atoms with Gasteiger partial charge in [0.25, 0.3) is 0 Å². The Hall–Kier alpha value is -1.49. The van der Waals surface area contributed by atoms with Gasteiger partial charge < -0.3 is 10.6 Å². The topological polar surface area (TPSA) is 41.1 Å². The molecule has 0 unspecified atom stereocenters. The van der Waals surface area contributed by atoms with Crippen LogP contribution in [-0.2, 0) is 4.79 Å². The maximum Gasteiger partial charge on any atom is 0.238 e. The Morgan fingerprint density at radius 3 is 2.10 bits per heavy atom. The van der Waals surface area contributed by atoms with Crippen LogP contribution in [0.5, 0.6) is 0 Å². The Kier molecular flexibility index (Phi) is 5.45. The van der Waals surface area contributed by atoms with E-state index in [4.69, 9.17) is 0 Å². The maximum atomic E-state index is 13.4. The number of anilines is 1. The molecule has 0 aliphatic heterocycles. The third kappa shape index (κ3) is 6.21. The van der Waals surface area contributed by atoms with Gasteiger partial charge in [0.05, 0.1) is 6.54 Å². The van der Waals surface area contributed by atoms with Crippen molar-refractivity contribution in [3.63, 3.8) is 0 Å². The quantitative estimate of drug-likeness (QED) is 0.870. The lowest BCUT2D eigenvalue weighted by molar-refractivity contribution is -0.115. The van der Waals surface area contributed by atoms with Crippen molar-refractivity contribution < 1.29 is 13.6 Å². The molecular formula is C16H24F2N2O. The van der Waals surface area contributed by atoms with Gasteiger partial charge in [-0.05, 0) is 37.8 Å². The summed E-state index contributed by atoms with van der Waals surface area (Å²) in [5, 5.41) is 5.38. The highest BCUT2D eigenvalue weighted by atomic mass is 19.1. The van der Waals surface area contributed by atoms with E-state index in [-0.39, 0.29) is 17.5 Å². The summed E-state index contributed by atoms with van der Waals surface area (Å²) >= 11 is 0. The molecule has 0 aliphatic rings. The third-order valence-corrected chi connectivity index (χ3v) is 2.93. The molecule has 1 amide bonds. The Labute approximate surface area is 125 Å². The Bertz CT molecular complexity index is 487. The van der Waals surface area contributed by atoms with Crippen molar-refractivity contribution in [2.24, 2.45) is 5.41 Å². The van der Waals surface area contributed by atoms with Gasteiger partial charge in [-0.2, -0.15) is 0 Å². The van der Waals surface area contributed by atoms with Crippen molar-refractivity contribution in [1.82, 2.24) is 5.32 Å². The summed E-state index contributed by atoms with van der Waals surface area (Å²) in [6, 6.07) is 3.47. The molecule has 1 aromatic rings. The fraction of sp³-hybridized carbons (Fsp3) is 0.562. The predicted molar refractivity (Wildman–Crippen MR) is 81.1 cm³/mol. The largest absolute Gasteiger partial charge is 0.320 e. The minimum atomic E-state index is -0.780. The lowest BCUT2D eigenvalue weighted by atomic mass is 9.82. The summed E-state index contributed by atoms with van der Waals surface area (Å²) < 4.78 is 26.9. The first-order valence-electron chi connectivity index (χ1n) is 6.99. The van der Waals surface area contributed by atoms with Gasteiger partial charge in [0, 0.05) is 5.54 Å². The van der Waals surface area contributed by atoms with E-state index >= 15 is 0 Å². The molecule has 1 rings (SSSR count). The molecule has 118 valence electrons. The molecule has 5 heteroatoms. The normalized spacial score (nSPS) is 12.3. The van der Waals surface area contributed by atoms with Crippen LogP contribution >= 0.6 is 0 Å². The highest BCUT2D eigenvalue weighted by molar-refractivity contribution is 5.92. The van der Waals surface area contributed by atoms with Crippen LogP contribution in [0.4, 0.5) is 14.5 Å². The van der Waals surface area contributed by atoms with E-state index in [2.05, 4.69) is 31.4 Å². The molecule has 0 atom stereocenters. The van der Waals surface area contributed by atoms with Gasteiger partial charge >= 0.3 is 0 Å².